The summed E-state index contributed by atoms with van der Waals surface area (Å²) in [7, 11) is 1.91. The molecule has 0 aliphatic carbocycles. The van der Waals surface area contributed by atoms with Gasteiger partial charge in [0.25, 0.3) is 0 Å². The van der Waals surface area contributed by atoms with Crippen molar-refractivity contribution in [2.45, 2.75) is 32.4 Å². The first-order valence-electron chi connectivity index (χ1n) is 6.18. The Kier molecular flexibility index (Phi) is 3.79. The fourth-order valence-corrected chi connectivity index (χ4v) is 2.59. The Labute approximate surface area is 102 Å². The Bertz CT molecular complexity index is 394. The van der Waals surface area contributed by atoms with E-state index in [0.29, 0.717) is 5.92 Å². The highest BCUT2D eigenvalue weighted by Gasteiger charge is 2.32. The third-order valence-corrected chi connectivity index (χ3v) is 3.66. The number of halogens is 1. The Morgan fingerprint density at radius 3 is 2.82 bits per heavy atom. The van der Waals surface area contributed by atoms with Crippen molar-refractivity contribution in [3.8, 4) is 0 Å². The maximum atomic E-state index is 13.4. The lowest BCUT2D eigenvalue weighted by molar-refractivity contribution is 0.0628. The standard InChI is InChI=1S/C14H20FNO/c1-9-4-5-11(15)8-12(9)13(16-3)14-10(2)6-7-17-14/h4-5,8,10,13-14,16H,6-7H2,1-3H3. The van der Waals surface area contributed by atoms with Crippen molar-refractivity contribution in [1.29, 1.82) is 0 Å². The van der Waals surface area contributed by atoms with Crippen LogP contribution in [0.4, 0.5) is 4.39 Å². The molecule has 0 amide bonds. The molecule has 17 heavy (non-hydrogen) atoms. The van der Waals surface area contributed by atoms with Crippen LogP contribution in [0.15, 0.2) is 18.2 Å². The molecule has 3 heteroatoms. The minimum atomic E-state index is -0.184. The van der Waals surface area contributed by atoms with E-state index in [4.69, 9.17) is 4.74 Å². The van der Waals surface area contributed by atoms with Gasteiger partial charge in [0.2, 0.25) is 0 Å². The first-order valence-corrected chi connectivity index (χ1v) is 6.18. The Balaban J connectivity index is 2.31. The first-order chi connectivity index (χ1) is 8.13. The molecule has 1 saturated heterocycles. The van der Waals surface area contributed by atoms with Crippen LogP contribution >= 0.6 is 0 Å². The predicted molar refractivity (Wildman–Crippen MR) is 66.5 cm³/mol. The average molecular weight is 237 g/mol. The number of hydrogen-bond acceptors (Lipinski definition) is 2. The van der Waals surface area contributed by atoms with Crippen LogP contribution in [-0.4, -0.2) is 19.8 Å². The van der Waals surface area contributed by atoms with Gasteiger partial charge in [0, 0.05) is 6.61 Å². The molecule has 94 valence electrons. The SMILES string of the molecule is CNC(c1cc(F)ccc1C)C1OCCC1C. The number of hydrogen-bond donors (Lipinski definition) is 1. The molecule has 0 spiro atoms. The van der Waals surface area contributed by atoms with Crippen molar-refractivity contribution in [3.63, 3.8) is 0 Å². The quantitative estimate of drug-likeness (QED) is 0.872. The number of ether oxygens (including phenoxy) is 1. The molecule has 1 heterocycles. The van der Waals surface area contributed by atoms with Gasteiger partial charge in [-0.05, 0) is 49.6 Å². The molecule has 1 aromatic rings. The van der Waals surface area contributed by atoms with Crippen LogP contribution in [0, 0.1) is 18.7 Å². The van der Waals surface area contributed by atoms with E-state index in [1.54, 1.807) is 6.07 Å². The van der Waals surface area contributed by atoms with Crippen LogP contribution in [-0.2, 0) is 4.74 Å². The summed E-state index contributed by atoms with van der Waals surface area (Å²) in [5.41, 5.74) is 2.11. The molecule has 1 aliphatic rings. The van der Waals surface area contributed by atoms with Crippen LogP contribution < -0.4 is 5.32 Å². The fraction of sp³-hybridized carbons (Fsp3) is 0.571. The van der Waals surface area contributed by atoms with E-state index in [1.165, 1.54) is 6.07 Å². The smallest absolute Gasteiger partial charge is 0.123 e. The summed E-state index contributed by atoms with van der Waals surface area (Å²) in [5, 5.41) is 3.27. The second-order valence-corrected chi connectivity index (χ2v) is 4.87. The van der Waals surface area contributed by atoms with E-state index in [9.17, 15) is 4.39 Å². The summed E-state index contributed by atoms with van der Waals surface area (Å²) in [6.45, 7) is 5.01. The zero-order valence-electron chi connectivity index (χ0n) is 10.7. The topological polar surface area (TPSA) is 21.3 Å². The molecular weight excluding hydrogens is 217 g/mol. The molecule has 0 radical (unpaired) electrons. The van der Waals surface area contributed by atoms with Crippen molar-refractivity contribution < 1.29 is 9.13 Å². The monoisotopic (exact) mass is 237 g/mol. The van der Waals surface area contributed by atoms with Crippen molar-refractivity contribution >= 4 is 0 Å². The molecule has 0 aromatic heterocycles. The summed E-state index contributed by atoms with van der Waals surface area (Å²) < 4.78 is 19.1. The van der Waals surface area contributed by atoms with E-state index in [2.05, 4.69) is 12.2 Å². The van der Waals surface area contributed by atoms with Gasteiger partial charge in [-0.25, -0.2) is 4.39 Å². The van der Waals surface area contributed by atoms with Crippen LogP contribution in [0.2, 0.25) is 0 Å². The fourth-order valence-electron chi connectivity index (χ4n) is 2.59. The largest absolute Gasteiger partial charge is 0.376 e. The second kappa shape index (κ2) is 5.15. The molecule has 1 fully saturated rings. The molecule has 2 rings (SSSR count). The number of rotatable bonds is 3. The van der Waals surface area contributed by atoms with E-state index >= 15 is 0 Å². The minimum Gasteiger partial charge on any atom is -0.376 e. The highest BCUT2D eigenvalue weighted by atomic mass is 19.1. The predicted octanol–water partition coefficient (Wildman–Crippen LogP) is 2.82. The minimum absolute atomic E-state index is 0.0724. The average Bonchev–Trinajstić information content (AvgIpc) is 2.71. The Morgan fingerprint density at radius 1 is 1.47 bits per heavy atom. The molecule has 1 aromatic carbocycles. The van der Waals surface area contributed by atoms with Gasteiger partial charge < -0.3 is 10.1 Å². The third kappa shape index (κ3) is 2.50. The van der Waals surface area contributed by atoms with Crippen LogP contribution in [0.5, 0.6) is 0 Å². The first kappa shape index (κ1) is 12.5. The molecule has 3 atom stereocenters. The lowest BCUT2D eigenvalue weighted by Gasteiger charge is -2.27. The maximum absolute atomic E-state index is 13.4. The van der Waals surface area contributed by atoms with Crippen LogP contribution in [0.3, 0.4) is 0 Å². The van der Waals surface area contributed by atoms with Gasteiger partial charge in [0.15, 0.2) is 0 Å². The molecule has 0 saturated carbocycles. The third-order valence-electron chi connectivity index (χ3n) is 3.66. The number of likely N-dealkylation sites (N-methyl/N-ethyl adjacent to an activating group) is 1. The zero-order chi connectivity index (χ0) is 12.4. The van der Waals surface area contributed by atoms with Crippen molar-refractivity contribution in [2.75, 3.05) is 13.7 Å². The van der Waals surface area contributed by atoms with Gasteiger partial charge in [-0.3, -0.25) is 0 Å². The summed E-state index contributed by atoms with van der Waals surface area (Å²) >= 11 is 0. The summed E-state index contributed by atoms with van der Waals surface area (Å²) in [4.78, 5) is 0. The van der Waals surface area contributed by atoms with E-state index < -0.39 is 0 Å². The highest BCUT2D eigenvalue weighted by molar-refractivity contribution is 5.30. The number of benzene rings is 1. The molecule has 2 nitrogen and oxygen atoms in total. The van der Waals surface area contributed by atoms with Gasteiger partial charge in [-0.2, -0.15) is 0 Å². The van der Waals surface area contributed by atoms with Gasteiger partial charge in [-0.15, -0.1) is 0 Å². The van der Waals surface area contributed by atoms with Gasteiger partial charge in [0.1, 0.15) is 5.82 Å². The molecule has 1 N–H and O–H groups in total. The number of aryl methyl sites for hydroxylation is 1. The van der Waals surface area contributed by atoms with Crippen molar-refractivity contribution in [2.24, 2.45) is 5.92 Å². The summed E-state index contributed by atoms with van der Waals surface area (Å²) in [6.07, 6.45) is 1.22. The maximum Gasteiger partial charge on any atom is 0.123 e. The van der Waals surface area contributed by atoms with E-state index in [0.717, 1.165) is 24.2 Å². The normalized spacial score (nSPS) is 26.1. The molecular formula is C14H20FNO. The zero-order valence-corrected chi connectivity index (χ0v) is 10.7. The number of nitrogens with one attached hydrogen (secondary N) is 1. The van der Waals surface area contributed by atoms with Crippen LogP contribution in [0.25, 0.3) is 0 Å². The van der Waals surface area contributed by atoms with E-state index in [-0.39, 0.29) is 18.0 Å². The highest BCUT2D eigenvalue weighted by Crippen LogP contribution is 2.32. The van der Waals surface area contributed by atoms with Crippen molar-refractivity contribution in [3.05, 3.63) is 35.1 Å². The van der Waals surface area contributed by atoms with E-state index in [1.807, 2.05) is 20.0 Å². The lowest BCUT2D eigenvalue weighted by atomic mass is 9.90. The van der Waals surface area contributed by atoms with Gasteiger partial charge in [-0.1, -0.05) is 13.0 Å². The summed E-state index contributed by atoms with van der Waals surface area (Å²) in [6, 6.07) is 5.02. The second-order valence-electron chi connectivity index (χ2n) is 4.87. The summed E-state index contributed by atoms with van der Waals surface area (Å²) in [5.74, 6) is 0.326. The molecule has 1 aliphatic heterocycles. The Morgan fingerprint density at radius 2 is 2.24 bits per heavy atom. The molecule has 0 bridgehead atoms. The van der Waals surface area contributed by atoms with Gasteiger partial charge >= 0.3 is 0 Å². The Hall–Kier alpha value is -0.930. The van der Waals surface area contributed by atoms with Gasteiger partial charge in [0.05, 0.1) is 12.1 Å². The lowest BCUT2D eigenvalue weighted by Crippen LogP contribution is -2.33. The molecule has 3 unspecified atom stereocenters. The van der Waals surface area contributed by atoms with Crippen LogP contribution in [0.1, 0.15) is 30.5 Å². The van der Waals surface area contributed by atoms with Crippen molar-refractivity contribution in [1.82, 2.24) is 5.32 Å².